The second kappa shape index (κ2) is 7.96. The fraction of sp³-hybridized carbons (Fsp3) is 0.421. The van der Waals surface area contributed by atoms with E-state index in [9.17, 15) is 4.79 Å². The van der Waals surface area contributed by atoms with E-state index in [1.54, 1.807) is 7.11 Å². The van der Waals surface area contributed by atoms with Crippen molar-refractivity contribution in [2.45, 2.75) is 44.8 Å². The number of aromatic nitrogens is 2. The summed E-state index contributed by atoms with van der Waals surface area (Å²) in [4.78, 5) is 20.1. The van der Waals surface area contributed by atoms with Gasteiger partial charge in [-0.1, -0.05) is 6.07 Å². The maximum absolute atomic E-state index is 12.2. The highest BCUT2D eigenvalue weighted by atomic mass is 16.5. The van der Waals surface area contributed by atoms with Crippen molar-refractivity contribution in [3.05, 3.63) is 48.0 Å². The molecule has 6 nitrogen and oxygen atoms in total. The normalized spacial score (nSPS) is 15.6. The standard InChI is InChI=1S/C19H23N3O3/c1-13(22-19(23)16-12-20-9-10-21-16)14-7-8-17(18(11-14)24-2)25-15-5-3-4-6-15/h7-13,15H,3-6H2,1-2H3,(H,22,23). The van der Waals surface area contributed by atoms with Gasteiger partial charge >= 0.3 is 0 Å². The summed E-state index contributed by atoms with van der Waals surface area (Å²) < 4.78 is 11.5. The Balaban J connectivity index is 1.69. The lowest BCUT2D eigenvalue weighted by Crippen LogP contribution is -2.27. The maximum Gasteiger partial charge on any atom is 0.271 e. The zero-order valence-electron chi connectivity index (χ0n) is 14.6. The Labute approximate surface area is 147 Å². The SMILES string of the molecule is COc1cc(C(C)NC(=O)c2cnccn2)ccc1OC1CCCC1. The second-order valence-electron chi connectivity index (χ2n) is 6.22. The first-order valence-corrected chi connectivity index (χ1v) is 8.59. The van der Waals surface area contributed by atoms with Crippen molar-refractivity contribution in [2.24, 2.45) is 0 Å². The number of methoxy groups -OCH3 is 1. The topological polar surface area (TPSA) is 73.3 Å². The van der Waals surface area contributed by atoms with Gasteiger partial charge < -0.3 is 14.8 Å². The molecule has 1 amide bonds. The average molecular weight is 341 g/mol. The van der Waals surface area contributed by atoms with Crippen molar-refractivity contribution >= 4 is 5.91 Å². The van der Waals surface area contributed by atoms with Gasteiger partial charge in [0, 0.05) is 12.4 Å². The fourth-order valence-corrected chi connectivity index (χ4v) is 3.01. The number of ether oxygens (including phenoxy) is 2. The minimum absolute atomic E-state index is 0.191. The van der Waals surface area contributed by atoms with Gasteiger partial charge in [0.15, 0.2) is 11.5 Å². The lowest BCUT2D eigenvalue weighted by Gasteiger charge is -2.19. The van der Waals surface area contributed by atoms with Gasteiger partial charge in [-0.3, -0.25) is 9.78 Å². The van der Waals surface area contributed by atoms with Gasteiger partial charge in [0.2, 0.25) is 0 Å². The van der Waals surface area contributed by atoms with E-state index < -0.39 is 0 Å². The number of hydrogen-bond donors (Lipinski definition) is 1. The van der Waals surface area contributed by atoms with E-state index in [2.05, 4.69) is 15.3 Å². The summed E-state index contributed by atoms with van der Waals surface area (Å²) in [5, 5.41) is 2.92. The van der Waals surface area contributed by atoms with Gasteiger partial charge in [-0.25, -0.2) is 4.98 Å². The average Bonchev–Trinajstić information content (AvgIpc) is 3.15. The first-order chi connectivity index (χ1) is 12.2. The number of carbonyl (C=O) groups is 1. The van der Waals surface area contributed by atoms with Crippen LogP contribution >= 0.6 is 0 Å². The highest BCUT2D eigenvalue weighted by Gasteiger charge is 2.19. The molecule has 1 atom stereocenters. The van der Waals surface area contributed by atoms with Crippen LogP contribution in [-0.4, -0.2) is 29.1 Å². The van der Waals surface area contributed by atoms with Crippen LogP contribution in [0.25, 0.3) is 0 Å². The van der Waals surface area contributed by atoms with Crippen molar-refractivity contribution in [3.8, 4) is 11.5 Å². The molecule has 132 valence electrons. The molecule has 6 heteroatoms. The molecule has 1 aromatic heterocycles. The summed E-state index contributed by atoms with van der Waals surface area (Å²) in [6, 6.07) is 5.58. The van der Waals surface area contributed by atoms with Crippen LogP contribution in [-0.2, 0) is 0 Å². The Morgan fingerprint density at radius 1 is 1.24 bits per heavy atom. The number of nitrogens with zero attached hydrogens (tertiary/aromatic N) is 2. The quantitative estimate of drug-likeness (QED) is 0.873. The van der Waals surface area contributed by atoms with Crippen molar-refractivity contribution < 1.29 is 14.3 Å². The predicted octanol–water partition coefficient (Wildman–Crippen LogP) is 3.30. The van der Waals surface area contributed by atoms with Crippen LogP contribution in [0.4, 0.5) is 0 Å². The van der Waals surface area contributed by atoms with Gasteiger partial charge in [0.05, 0.1) is 25.5 Å². The van der Waals surface area contributed by atoms with Crippen LogP contribution in [0, 0.1) is 0 Å². The van der Waals surface area contributed by atoms with E-state index in [1.165, 1.54) is 31.4 Å². The molecule has 1 saturated carbocycles. The minimum atomic E-state index is -0.258. The molecule has 1 unspecified atom stereocenters. The molecule has 1 heterocycles. The van der Waals surface area contributed by atoms with Crippen LogP contribution in [0.2, 0.25) is 0 Å². The highest BCUT2D eigenvalue weighted by Crippen LogP contribution is 2.33. The Morgan fingerprint density at radius 3 is 2.72 bits per heavy atom. The number of amides is 1. The van der Waals surface area contributed by atoms with E-state index in [-0.39, 0.29) is 18.1 Å². The van der Waals surface area contributed by atoms with E-state index in [0.29, 0.717) is 11.4 Å². The van der Waals surface area contributed by atoms with Crippen molar-refractivity contribution in [1.29, 1.82) is 0 Å². The molecule has 0 radical (unpaired) electrons. The Bertz CT molecular complexity index is 715. The van der Waals surface area contributed by atoms with Crippen LogP contribution in [0.3, 0.4) is 0 Å². The lowest BCUT2D eigenvalue weighted by molar-refractivity contribution is 0.0934. The fourth-order valence-electron chi connectivity index (χ4n) is 3.01. The molecule has 25 heavy (non-hydrogen) atoms. The molecule has 2 aromatic rings. The van der Waals surface area contributed by atoms with Gasteiger partial charge in [0.1, 0.15) is 5.69 Å². The smallest absolute Gasteiger partial charge is 0.271 e. The number of carbonyl (C=O) groups excluding carboxylic acids is 1. The maximum atomic E-state index is 12.2. The van der Waals surface area contributed by atoms with Crippen molar-refractivity contribution in [2.75, 3.05) is 7.11 Å². The monoisotopic (exact) mass is 341 g/mol. The first-order valence-electron chi connectivity index (χ1n) is 8.59. The molecule has 3 rings (SSSR count). The summed E-state index contributed by atoms with van der Waals surface area (Å²) in [5.41, 5.74) is 1.23. The third-order valence-corrected chi connectivity index (χ3v) is 4.43. The van der Waals surface area contributed by atoms with Gasteiger partial charge in [-0.2, -0.15) is 0 Å². The van der Waals surface area contributed by atoms with E-state index in [0.717, 1.165) is 24.2 Å². The molecule has 1 aliphatic carbocycles. The van der Waals surface area contributed by atoms with Crippen molar-refractivity contribution in [3.63, 3.8) is 0 Å². The molecule has 1 N–H and O–H groups in total. The van der Waals surface area contributed by atoms with Crippen LogP contribution in [0.5, 0.6) is 11.5 Å². The molecular weight excluding hydrogens is 318 g/mol. The summed E-state index contributed by atoms with van der Waals surface area (Å²) in [7, 11) is 1.63. The third kappa shape index (κ3) is 4.26. The largest absolute Gasteiger partial charge is 0.493 e. The Hall–Kier alpha value is -2.63. The van der Waals surface area contributed by atoms with Crippen molar-refractivity contribution in [1.82, 2.24) is 15.3 Å². The van der Waals surface area contributed by atoms with Crippen LogP contribution in [0.15, 0.2) is 36.8 Å². The zero-order chi connectivity index (χ0) is 17.6. The number of hydrogen-bond acceptors (Lipinski definition) is 5. The lowest BCUT2D eigenvalue weighted by atomic mass is 10.1. The summed E-state index contributed by atoms with van der Waals surface area (Å²) in [6.07, 6.45) is 9.37. The zero-order valence-corrected chi connectivity index (χ0v) is 14.6. The first kappa shape index (κ1) is 17.2. The number of nitrogens with one attached hydrogen (secondary N) is 1. The summed E-state index contributed by atoms with van der Waals surface area (Å²) in [5.74, 6) is 1.18. The molecule has 0 aliphatic heterocycles. The molecule has 1 aliphatic rings. The summed E-state index contributed by atoms with van der Waals surface area (Å²) in [6.45, 7) is 1.92. The van der Waals surface area contributed by atoms with E-state index in [4.69, 9.17) is 9.47 Å². The molecule has 1 fully saturated rings. The molecule has 0 spiro atoms. The second-order valence-corrected chi connectivity index (χ2v) is 6.22. The Morgan fingerprint density at radius 2 is 2.04 bits per heavy atom. The Kier molecular flexibility index (Phi) is 5.48. The van der Waals surface area contributed by atoms with E-state index >= 15 is 0 Å². The molecular formula is C19H23N3O3. The minimum Gasteiger partial charge on any atom is -0.493 e. The molecule has 0 bridgehead atoms. The molecule has 1 aromatic carbocycles. The summed E-state index contributed by atoms with van der Waals surface area (Å²) >= 11 is 0. The van der Waals surface area contributed by atoms with Crippen LogP contribution in [0.1, 0.15) is 54.7 Å². The third-order valence-electron chi connectivity index (χ3n) is 4.43. The van der Waals surface area contributed by atoms with Gasteiger partial charge in [-0.05, 0) is 50.3 Å². The highest BCUT2D eigenvalue weighted by molar-refractivity contribution is 5.92. The predicted molar refractivity (Wildman–Crippen MR) is 93.8 cm³/mol. The number of rotatable bonds is 6. The number of benzene rings is 1. The van der Waals surface area contributed by atoms with E-state index in [1.807, 2.05) is 25.1 Å². The van der Waals surface area contributed by atoms with Crippen LogP contribution < -0.4 is 14.8 Å². The molecule has 0 saturated heterocycles. The van der Waals surface area contributed by atoms with Gasteiger partial charge in [-0.15, -0.1) is 0 Å². The van der Waals surface area contributed by atoms with Gasteiger partial charge in [0.25, 0.3) is 5.91 Å².